The molecule has 2 aromatic rings. The maximum atomic E-state index is 12.4. The standard InChI is InChI=1S/C16H21N5O2/c1-13-5-7-17-16(19-13)14-12-20(10-11-23-14)15(22)4-2-8-21-9-3-6-18-21/h3,5-7,9,14H,2,4,8,10-12H2,1H3/t14-/m0/s1. The van der Waals surface area contributed by atoms with Crippen LogP contribution in [0.4, 0.5) is 0 Å². The van der Waals surface area contributed by atoms with Gasteiger partial charge in [-0.25, -0.2) is 9.97 Å². The van der Waals surface area contributed by atoms with Crippen molar-refractivity contribution < 1.29 is 9.53 Å². The van der Waals surface area contributed by atoms with Gasteiger partial charge in [-0.2, -0.15) is 5.10 Å². The van der Waals surface area contributed by atoms with Crippen molar-refractivity contribution >= 4 is 5.91 Å². The molecule has 0 bridgehead atoms. The zero-order valence-corrected chi connectivity index (χ0v) is 13.3. The summed E-state index contributed by atoms with van der Waals surface area (Å²) in [7, 11) is 0. The Hall–Kier alpha value is -2.28. The van der Waals surface area contributed by atoms with E-state index in [1.165, 1.54) is 0 Å². The third-order valence-electron chi connectivity index (χ3n) is 3.86. The first kappa shape index (κ1) is 15.6. The lowest BCUT2D eigenvalue weighted by Crippen LogP contribution is -2.42. The Kier molecular flexibility index (Phi) is 4.97. The van der Waals surface area contributed by atoms with E-state index < -0.39 is 0 Å². The van der Waals surface area contributed by atoms with Crippen LogP contribution < -0.4 is 0 Å². The monoisotopic (exact) mass is 315 g/mol. The minimum atomic E-state index is -0.237. The Labute approximate surface area is 135 Å². The number of hydrogen-bond acceptors (Lipinski definition) is 5. The third kappa shape index (κ3) is 4.13. The minimum Gasteiger partial charge on any atom is -0.367 e. The maximum absolute atomic E-state index is 12.4. The molecule has 0 radical (unpaired) electrons. The van der Waals surface area contributed by atoms with Gasteiger partial charge in [0.2, 0.25) is 5.91 Å². The molecule has 1 aliphatic rings. The molecule has 1 aliphatic heterocycles. The van der Waals surface area contributed by atoms with Gasteiger partial charge in [0, 0.05) is 43.8 Å². The molecule has 2 aromatic heterocycles. The smallest absolute Gasteiger partial charge is 0.222 e. The largest absolute Gasteiger partial charge is 0.367 e. The van der Waals surface area contributed by atoms with Crippen LogP contribution in [0, 0.1) is 6.92 Å². The Morgan fingerprint density at radius 1 is 1.43 bits per heavy atom. The molecule has 7 nitrogen and oxygen atoms in total. The number of nitrogens with zero attached hydrogens (tertiary/aromatic N) is 5. The van der Waals surface area contributed by atoms with Crippen LogP contribution in [0.3, 0.4) is 0 Å². The second-order valence-electron chi connectivity index (χ2n) is 5.63. The van der Waals surface area contributed by atoms with Gasteiger partial charge in [0.1, 0.15) is 6.10 Å². The lowest BCUT2D eigenvalue weighted by atomic mass is 10.2. The number of hydrogen-bond donors (Lipinski definition) is 0. The van der Waals surface area contributed by atoms with Gasteiger partial charge in [-0.3, -0.25) is 9.48 Å². The normalized spacial score (nSPS) is 18.1. The van der Waals surface area contributed by atoms with E-state index in [0.29, 0.717) is 31.9 Å². The zero-order valence-electron chi connectivity index (χ0n) is 13.3. The molecule has 7 heteroatoms. The van der Waals surface area contributed by atoms with Crippen LogP contribution >= 0.6 is 0 Å². The van der Waals surface area contributed by atoms with Crippen LogP contribution in [0.1, 0.15) is 30.5 Å². The van der Waals surface area contributed by atoms with Crippen molar-refractivity contribution in [2.45, 2.75) is 32.4 Å². The van der Waals surface area contributed by atoms with E-state index in [1.807, 2.05) is 34.8 Å². The molecule has 1 atom stereocenters. The molecule has 3 heterocycles. The molecule has 0 N–H and O–H groups in total. The van der Waals surface area contributed by atoms with Crippen molar-refractivity contribution in [1.82, 2.24) is 24.6 Å². The number of carbonyl (C=O) groups excluding carboxylic acids is 1. The molecule has 23 heavy (non-hydrogen) atoms. The van der Waals surface area contributed by atoms with Crippen molar-refractivity contribution in [3.05, 3.63) is 42.2 Å². The summed E-state index contributed by atoms with van der Waals surface area (Å²) in [5.41, 5.74) is 0.904. The average Bonchev–Trinajstić information content (AvgIpc) is 3.08. The number of amides is 1. The predicted molar refractivity (Wildman–Crippen MR) is 83.5 cm³/mol. The molecular formula is C16H21N5O2. The summed E-state index contributed by atoms with van der Waals surface area (Å²) in [5, 5.41) is 4.14. The molecule has 122 valence electrons. The van der Waals surface area contributed by atoms with E-state index in [4.69, 9.17) is 4.74 Å². The van der Waals surface area contributed by atoms with Crippen LogP contribution in [0.5, 0.6) is 0 Å². The quantitative estimate of drug-likeness (QED) is 0.833. The maximum Gasteiger partial charge on any atom is 0.222 e. The number of ether oxygens (including phenoxy) is 1. The SMILES string of the molecule is Cc1ccnc([C@@H]2CN(C(=O)CCCn3cccn3)CCO2)n1. The van der Waals surface area contributed by atoms with Crippen LogP contribution in [0.15, 0.2) is 30.7 Å². The molecule has 1 fully saturated rings. The van der Waals surface area contributed by atoms with Gasteiger partial charge in [-0.05, 0) is 25.5 Å². The fourth-order valence-corrected chi connectivity index (χ4v) is 2.64. The highest BCUT2D eigenvalue weighted by molar-refractivity contribution is 5.76. The average molecular weight is 315 g/mol. The van der Waals surface area contributed by atoms with Crippen molar-refractivity contribution in [3.63, 3.8) is 0 Å². The molecule has 0 aliphatic carbocycles. The predicted octanol–water partition coefficient (Wildman–Crippen LogP) is 1.36. The van der Waals surface area contributed by atoms with Gasteiger partial charge < -0.3 is 9.64 Å². The zero-order chi connectivity index (χ0) is 16.1. The highest BCUT2D eigenvalue weighted by atomic mass is 16.5. The first-order chi connectivity index (χ1) is 11.2. The number of carbonyl (C=O) groups is 1. The Balaban J connectivity index is 1.52. The van der Waals surface area contributed by atoms with E-state index in [0.717, 1.165) is 18.7 Å². The molecule has 3 rings (SSSR count). The molecule has 1 amide bonds. The van der Waals surface area contributed by atoms with E-state index in [-0.39, 0.29) is 12.0 Å². The van der Waals surface area contributed by atoms with Gasteiger partial charge in [-0.15, -0.1) is 0 Å². The van der Waals surface area contributed by atoms with E-state index in [9.17, 15) is 4.79 Å². The third-order valence-corrected chi connectivity index (χ3v) is 3.86. The number of aryl methyl sites for hydroxylation is 2. The second-order valence-corrected chi connectivity index (χ2v) is 5.63. The van der Waals surface area contributed by atoms with Crippen LogP contribution in [-0.4, -0.2) is 50.3 Å². The van der Waals surface area contributed by atoms with Crippen molar-refractivity contribution in [3.8, 4) is 0 Å². The summed E-state index contributed by atoms with van der Waals surface area (Å²) in [4.78, 5) is 22.9. The lowest BCUT2D eigenvalue weighted by molar-refractivity contribution is -0.139. The first-order valence-corrected chi connectivity index (χ1v) is 7.89. The number of aromatic nitrogens is 4. The molecule has 0 saturated carbocycles. The van der Waals surface area contributed by atoms with Gasteiger partial charge >= 0.3 is 0 Å². The van der Waals surface area contributed by atoms with E-state index >= 15 is 0 Å². The lowest BCUT2D eigenvalue weighted by Gasteiger charge is -2.32. The number of morpholine rings is 1. The Bertz CT molecular complexity index is 644. The molecular weight excluding hydrogens is 294 g/mol. The fourth-order valence-electron chi connectivity index (χ4n) is 2.64. The molecule has 1 saturated heterocycles. The van der Waals surface area contributed by atoms with Crippen LogP contribution in [0.2, 0.25) is 0 Å². The van der Waals surface area contributed by atoms with Gasteiger partial charge in [0.15, 0.2) is 5.82 Å². The van der Waals surface area contributed by atoms with Crippen molar-refractivity contribution in [2.75, 3.05) is 19.7 Å². The highest BCUT2D eigenvalue weighted by Gasteiger charge is 2.26. The summed E-state index contributed by atoms with van der Waals surface area (Å²) in [6, 6.07) is 3.74. The highest BCUT2D eigenvalue weighted by Crippen LogP contribution is 2.19. The summed E-state index contributed by atoms with van der Waals surface area (Å²) in [5.74, 6) is 0.803. The molecule has 0 aromatic carbocycles. The van der Waals surface area contributed by atoms with Gasteiger partial charge in [-0.1, -0.05) is 0 Å². The first-order valence-electron chi connectivity index (χ1n) is 7.89. The van der Waals surface area contributed by atoms with E-state index in [1.54, 1.807) is 12.4 Å². The summed E-state index contributed by atoms with van der Waals surface area (Å²) < 4.78 is 7.57. The van der Waals surface area contributed by atoms with Crippen molar-refractivity contribution in [2.24, 2.45) is 0 Å². The number of rotatable bonds is 5. The van der Waals surface area contributed by atoms with Crippen LogP contribution in [0.25, 0.3) is 0 Å². The molecule has 0 unspecified atom stereocenters. The Morgan fingerprint density at radius 2 is 2.35 bits per heavy atom. The topological polar surface area (TPSA) is 73.1 Å². The Morgan fingerprint density at radius 3 is 3.13 bits per heavy atom. The fraction of sp³-hybridized carbons (Fsp3) is 0.500. The van der Waals surface area contributed by atoms with Gasteiger partial charge in [0.25, 0.3) is 0 Å². The second kappa shape index (κ2) is 7.32. The summed E-state index contributed by atoms with van der Waals surface area (Å²) in [6.07, 6.45) is 6.44. The summed E-state index contributed by atoms with van der Waals surface area (Å²) in [6.45, 7) is 4.35. The van der Waals surface area contributed by atoms with Crippen LogP contribution in [-0.2, 0) is 16.1 Å². The van der Waals surface area contributed by atoms with Crippen molar-refractivity contribution in [1.29, 1.82) is 0 Å². The summed E-state index contributed by atoms with van der Waals surface area (Å²) >= 11 is 0. The minimum absolute atomic E-state index is 0.151. The van der Waals surface area contributed by atoms with Gasteiger partial charge in [0.05, 0.1) is 13.2 Å². The molecule has 0 spiro atoms. The van der Waals surface area contributed by atoms with E-state index in [2.05, 4.69) is 15.1 Å².